The van der Waals surface area contributed by atoms with Crippen LogP contribution in [0.2, 0.25) is 0 Å². The maximum absolute atomic E-state index is 12.7. The highest BCUT2D eigenvalue weighted by Gasteiger charge is 2.33. The lowest BCUT2D eigenvalue weighted by molar-refractivity contribution is -0.137. The quantitative estimate of drug-likeness (QED) is 0.925. The van der Waals surface area contributed by atoms with Gasteiger partial charge in [-0.3, -0.25) is 4.79 Å². The van der Waals surface area contributed by atoms with Gasteiger partial charge in [0.05, 0.1) is 17.5 Å². The highest BCUT2D eigenvalue weighted by molar-refractivity contribution is 5.91. The predicted octanol–water partition coefficient (Wildman–Crippen LogP) is 3.87. The molecule has 0 aliphatic heterocycles. The molecule has 0 bridgehead atoms. The van der Waals surface area contributed by atoms with Gasteiger partial charge in [-0.2, -0.15) is 13.2 Å². The monoisotopic (exact) mass is 283 g/mol. The molecule has 0 aliphatic rings. The molecule has 1 N–H and O–H groups in total. The number of rotatable bonds is 4. The van der Waals surface area contributed by atoms with E-state index in [9.17, 15) is 18.0 Å². The number of benzene rings is 1. The predicted molar refractivity (Wildman–Crippen MR) is 67.1 cm³/mol. The lowest BCUT2D eigenvalue weighted by Gasteiger charge is -2.13. The maximum atomic E-state index is 12.7. The van der Waals surface area contributed by atoms with Gasteiger partial charge in [0.25, 0.3) is 0 Å². The number of carbonyl (C=O) groups is 1. The van der Waals surface area contributed by atoms with Crippen LogP contribution in [0, 0.1) is 0 Å². The van der Waals surface area contributed by atoms with Crippen molar-refractivity contribution in [3.8, 4) is 0 Å². The standard InChI is InChI=1S/C14H12F3NO2/c15-14(16,17)11-5-1-2-6-12(11)18-13(19)8-7-10-4-3-9-20-10/h1-6,9H,7-8H2,(H,18,19). The molecule has 0 radical (unpaired) electrons. The van der Waals surface area contributed by atoms with Crippen molar-refractivity contribution in [2.45, 2.75) is 19.0 Å². The van der Waals surface area contributed by atoms with E-state index in [4.69, 9.17) is 4.42 Å². The Bertz CT molecular complexity index is 576. The zero-order valence-electron chi connectivity index (χ0n) is 10.4. The average molecular weight is 283 g/mol. The van der Waals surface area contributed by atoms with Gasteiger partial charge in [0.1, 0.15) is 5.76 Å². The summed E-state index contributed by atoms with van der Waals surface area (Å²) in [5, 5.41) is 2.28. The van der Waals surface area contributed by atoms with Gasteiger partial charge in [-0.15, -0.1) is 0 Å². The Hall–Kier alpha value is -2.24. The molecule has 0 aliphatic carbocycles. The zero-order chi connectivity index (χ0) is 14.6. The van der Waals surface area contributed by atoms with Crippen LogP contribution in [0.3, 0.4) is 0 Å². The lowest BCUT2D eigenvalue weighted by atomic mass is 10.1. The van der Waals surface area contributed by atoms with E-state index in [0.29, 0.717) is 12.2 Å². The summed E-state index contributed by atoms with van der Waals surface area (Å²) in [4.78, 5) is 11.7. The fourth-order valence-electron chi connectivity index (χ4n) is 1.74. The van der Waals surface area contributed by atoms with Crippen molar-refractivity contribution in [2.24, 2.45) is 0 Å². The van der Waals surface area contributed by atoms with Crippen LogP contribution in [-0.4, -0.2) is 5.91 Å². The van der Waals surface area contributed by atoms with Crippen LogP contribution in [0.25, 0.3) is 0 Å². The SMILES string of the molecule is O=C(CCc1ccco1)Nc1ccccc1C(F)(F)F. The summed E-state index contributed by atoms with van der Waals surface area (Å²) < 4.78 is 43.3. The minimum absolute atomic E-state index is 0.0553. The van der Waals surface area contributed by atoms with Gasteiger partial charge in [0, 0.05) is 12.8 Å². The molecule has 0 atom stereocenters. The van der Waals surface area contributed by atoms with Gasteiger partial charge in [0.2, 0.25) is 5.91 Å². The molecule has 0 saturated heterocycles. The molecule has 1 aromatic heterocycles. The number of aryl methyl sites for hydroxylation is 1. The number of amides is 1. The van der Waals surface area contributed by atoms with Gasteiger partial charge in [-0.25, -0.2) is 0 Å². The number of furan rings is 1. The molecule has 0 unspecified atom stereocenters. The summed E-state index contributed by atoms with van der Waals surface area (Å²) in [7, 11) is 0. The Labute approximate surface area is 113 Å². The molecule has 106 valence electrons. The zero-order valence-corrected chi connectivity index (χ0v) is 10.4. The van der Waals surface area contributed by atoms with E-state index in [1.54, 1.807) is 12.1 Å². The van der Waals surface area contributed by atoms with Crippen LogP contribution >= 0.6 is 0 Å². The second kappa shape index (κ2) is 5.81. The normalized spacial score (nSPS) is 11.3. The molecule has 2 aromatic rings. The topological polar surface area (TPSA) is 42.2 Å². The first-order chi connectivity index (χ1) is 9.47. The Morgan fingerprint density at radius 1 is 1.15 bits per heavy atom. The third kappa shape index (κ3) is 3.63. The van der Waals surface area contributed by atoms with Crippen LogP contribution in [0.5, 0.6) is 0 Å². The average Bonchev–Trinajstić information content (AvgIpc) is 2.89. The molecule has 0 fully saturated rings. The number of hydrogen-bond donors (Lipinski definition) is 1. The van der Waals surface area contributed by atoms with Crippen LogP contribution in [0.1, 0.15) is 17.7 Å². The third-order valence-electron chi connectivity index (χ3n) is 2.69. The summed E-state index contributed by atoms with van der Waals surface area (Å²) in [6.07, 6.45) is -2.62. The molecule has 2 rings (SSSR count). The number of halogens is 3. The third-order valence-corrected chi connectivity index (χ3v) is 2.69. The summed E-state index contributed by atoms with van der Waals surface area (Å²) in [5.41, 5.74) is -1.09. The molecule has 3 nitrogen and oxygen atoms in total. The minimum atomic E-state index is -4.50. The van der Waals surface area contributed by atoms with Crippen molar-refractivity contribution < 1.29 is 22.4 Å². The second-order valence-electron chi connectivity index (χ2n) is 4.17. The van der Waals surface area contributed by atoms with E-state index < -0.39 is 17.6 Å². The molecule has 0 spiro atoms. The first kappa shape index (κ1) is 14.2. The Balaban J connectivity index is 2.01. The van der Waals surface area contributed by atoms with Crippen molar-refractivity contribution >= 4 is 11.6 Å². The molecular formula is C14H12F3NO2. The Kier molecular flexibility index (Phi) is 4.12. The number of para-hydroxylation sites is 1. The van der Waals surface area contributed by atoms with E-state index >= 15 is 0 Å². The second-order valence-corrected chi connectivity index (χ2v) is 4.17. The number of carbonyl (C=O) groups excluding carboxylic acids is 1. The molecule has 1 aromatic carbocycles. The van der Waals surface area contributed by atoms with E-state index in [-0.39, 0.29) is 12.1 Å². The van der Waals surface area contributed by atoms with E-state index in [1.807, 2.05) is 0 Å². The fraction of sp³-hybridized carbons (Fsp3) is 0.214. The van der Waals surface area contributed by atoms with Crippen LogP contribution in [0.15, 0.2) is 47.1 Å². The molecule has 6 heteroatoms. The van der Waals surface area contributed by atoms with Gasteiger partial charge in [-0.1, -0.05) is 12.1 Å². The largest absolute Gasteiger partial charge is 0.469 e. The lowest BCUT2D eigenvalue weighted by Crippen LogP contribution is -2.16. The summed E-state index contributed by atoms with van der Waals surface area (Å²) in [6, 6.07) is 8.28. The molecular weight excluding hydrogens is 271 g/mol. The van der Waals surface area contributed by atoms with Gasteiger partial charge < -0.3 is 9.73 Å². The summed E-state index contributed by atoms with van der Waals surface area (Å²) in [6.45, 7) is 0. The van der Waals surface area contributed by atoms with E-state index in [1.165, 1.54) is 24.5 Å². The molecule has 1 amide bonds. The maximum Gasteiger partial charge on any atom is 0.418 e. The highest BCUT2D eigenvalue weighted by Crippen LogP contribution is 2.34. The van der Waals surface area contributed by atoms with Crippen LogP contribution in [0.4, 0.5) is 18.9 Å². The van der Waals surface area contributed by atoms with Crippen molar-refractivity contribution in [3.63, 3.8) is 0 Å². The van der Waals surface area contributed by atoms with Gasteiger partial charge >= 0.3 is 6.18 Å². The van der Waals surface area contributed by atoms with E-state index in [2.05, 4.69) is 5.32 Å². The fourth-order valence-corrected chi connectivity index (χ4v) is 1.74. The Morgan fingerprint density at radius 3 is 2.55 bits per heavy atom. The summed E-state index contributed by atoms with van der Waals surface area (Å²) >= 11 is 0. The number of anilines is 1. The van der Waals surface area contributed by atoms with Crippen LogP contribution < -0.4 is 5.32 Å². The van der Waals surface area contributed by atoms with Crippen molar-refractivity contribution in [2.75, 3.05) is 5.32 Å². The van der Waals surface area contributed by atoms with Gasteiger partial charge in [0.15, 0.2) is 0 Å². The van der Waals surface area contributed by atoms with Gasteiger partial charge in [-0.05, 0) is 24.3 Å². The highest BCUT2D eigenvalue weighted by atomic mass is 19.4. The number of alkyl halides is 3. The first-order valence-electron chi connectivity index (χ1n) is 5.95. The van der Waals surface area contributed by atoms with E-state index in [0.717, 1.165) is 6.07 Å². The Morgan fingerprint density at radius 2 is 1.90 bits per heavy atom. The molecule has 0 saturated carbocycles. The minimum Gasteiger partial charge on any atom is -0.469 e. The van der Waals surface area contributed by atoms with Crippen molar-refractivity contribution in [1.29, 1.82) is 0 Å². The molecule has 20 heavy (non-hydrogen) atoms. The first-order valence-corrected chi connectivity index (χ1v) is 5.95. The number of nitrogens with one attached hydrogen (secondary N) is 1. The summed E-state index contributed by atoms with van der Waals surface area (Å²) in [5.74, 6) is 0.127. The number of hydrogen-bond acceptors (Lipinski definition) is 2. The molecule has 1 heterocycles. The smallest absolute Gasteiger partial charge is 0.418 e. The van der Waals surface area contributed by atoms with Crippen LogP contribution in [-0.2, 0) is 17.4 Å². The van der Waals surface area contributed by atoms with Crippen molar-refractivity contribution in [1.82, 2.24) is 0 Å². The van der Waals surface area contributed by atoms with Crippen molar-refractivity contribution in [3.05, 3.63) is 54.0 Å².